The Morgan fingerprint density at radius 1 is 1.36 bits per heavy atom. The van der Waals surface area contributed by atoms with Gasteiger partial charge in [-0.15, -0.1) is 0 Å². The summed E-state index contributed by atoms with van der Waals surface area (Å²) in [6.07, 6.45) is 0. The average molecular weight is 196 g/mol. The fourth-order valence-electron chi connectivity index (χ4n) is 1.39. The van der Waals surface area contributed by atoms with Crippen molar-refractivity contribution in [3.8, 4) is 11.5 Å². The van der Waals surface area contributed by atoms with E-state index in [1.807, 2.05) is 6.92 Å². The summed E-state index contributed by atoms with van der Waals surface area (Å²) >= 11 is 0. The maximum atomic E-state index is 9.53. The first kappa shape index (κ1) is 10.8. The summed E-state index contributed by atoms with van der Waals surface area (Å²) < 4.78 is 0. The van der Waals surface area contributed by atoms with Crippen molar-refractivity contribution in [1.29, 1.82) is 0 Å². The van der Waals surface area contributed by atoms with Crippen molar-refractivity contribution >= 4 is 0 Å². The molecule has 0 saturated heterocycles. The normalized spacial score (nSPS) is 12.7. The van der Waals surface area contributed by atoms with Gasteiger partial charge < -0.3 is 21.3 Å². The van der Waals surface area contributed by atoms with Gasteiger partial charge in [0, 0.05) is 19.1 Å². The minimum atomic E-state index is -0.111. The standard InChI is InChI=1S/C10H16N2O2/c1-7(12-6-5-11)10-8(13)3-2-4-9(10)14/h2-4,7,12-14H,5-6,11H2,1H3. The van der Waals surface area contributed by atoms with Crippen LogP contribution in [0.25, 0.3) is 0 Å². The van der Waals surface area contributed by atoms with Crippen LogP contribution >= 0.6 is 0 Å². The second kappa shape index (κ2) is 4.83. The monoisotopic (exact) mass is 196 g/mol. The molecule has 0 saturated carbocycles. The fourth-order valence-corrected chi connectivity index (χ4v) is 1.39. The van der Waals surface area contributed by atoms with Gasteiger partial charge in [-0.05, 0) is 19.1 Å². The molecule has 1 atom stereocenters. The van der Waals surface area contributed by atoms with Gasteiger partial charge in [0.25, 0.3) is 0 Å². The molecule has 0 heterocycles. The second-order valence-electron chi connectivity index (χ2n) is 3.17. The van der Waals surface area contributed by atoms with Crippen molar-refractivity contribution in [3.05, 3.63) is 23.8 Å². The number of hydrogen-bond donors (Lipinski definition) is 4. The summed E-state index contributed by atoms with van der Waals surface area (Å²) in [5, 5.41) is 22.1. The van der Waals surface area contributed by atoms with Gasteiger partial charge in [0.1, 0.15) is 11.5 Å². The molecule has 4 heteroatoms. The number of rotatable bonds is 4. The highest BCUT2D eigenvalue weighted by Crippen LogP contribution is 2.31. The van der Waals surface area contributed by atoms with Crippen LogP contribution in [0.5, 0.6) is 11.5 Å². The zero-order chi connectivity index (χ0) is 10.6. The summed E-state index contributed by atoms with van der Waals surface area (Å²) in [6.45, 7) is 3.04. The summed E-state index contributed by atoms with van der Waals surface area (Å²) in [5.41, 5.74) is 5.86. The predicted molar refractivity (Wildman–Crippen MR) is 55.2 cm³/mol. The Balaban J connectivity index is 2.82. The third-order valence-corrected chi connectivity index (χ3v) is 2.09. The molecule has 0 bridgehead atoms. The molecule has 0 aliphatic carbocycles. The number of phenols is 2. The van der Waals surface area contributed by atoms with Crippen molar-refractivity contribution in [1.82, 2.24) is 5.32 Å². The van der Waals surface area contributed by atoms with E-state index in [0.717, 1.165) is 0 Å². The quantitative estimate of drug-likeness (QED) is 0.572. The fraction of sp³-hybridized carbons (Fsp3) is 0.400. The molecule has 0 spiro atoms. The van der Waals surface area contributed by atoms with Gasteiger partial charge in [-0.3, -0.25) is 0 Å². The Morgan fingerprint density at radius 3 is 2.43 bits per heavy atom. The van der Waals surface area contributed by atoms with E-state index in [-0.39, 0.29) is 17.5 Å². The van der Waals surface area contributed by atoms with Crippen LogP contribution in [0.15, 0.2) is 18.2 Å². The Hall–Kier alpha value is -1.26. The zero-order valence-corrected chi connectivity index (χ0v) is 8.20. The lowest BCUT2D eigenvalue weighted by molar-refractivity contribution is 0.420. The minimum Gasteiger partial charge on any atom is -0.507 e. The molecule has 14 heavy (non-hydrogen) atoms. The summed E-state index contributed by atoms with van der Waals surface area (Å²) in [6, 6.07) is 4.59. The van der Waals surface area contributed by atoms with E-state index in [2.05, 4.69) is 5.32 Å². The molecular weight excluding hydrogens is 180 g/mol. The molecule has 0 amide bonds. The maximum Gasteiger partial charge on any atom is 0.124 e. The van der Waals surface area contributed by atoms with Crippen LogP contribution in [0.2, 0.25) is 0 Å². The molecule has 78 valence electrons. The highest BCUT2D eigenvalue weighted by Gasteiger charge is 2.13. The molecule has 1 rings (SSSR count). The largest absolute Gasteiger partial charge is 0.507 e. The van der Waals surface area contributed by atoms with Gasteiger partial charge in [0.05, 0.1) is 5.56 Å². The average Bonchev–Trinajstić information content (AvgIpc) is 2.14. The Morgan fingerprint density at radius 2 is 1.93 bits per heavy atom. The topological polar surface area (TPSA) is 78.5 Å². The molecule has 4 nitrogen and oxygen atoms in total. The molecule has 1 aromatic carbocycles. The van der Waals surface area contributed by atoms with Crippen molar-refractivity contribution in [3.63, 3.8) is 0 Å². The Bertz CT molecular complexity index is 282. The number of aromatic hydroxyl groups is 2. The van der Waals surface area contributed by atoms with Crippen molar-refractivity contribution < 1.29 is 10.2 Å². The van der Waals surface area contributed by atoms with Crippen LogP contribution in [-0.4, -0.2) is 23.3 Å². The summed E-state index contributed by atoms with van der Waals surface area (Å²) in [7, 11) is 0. The van der Waals surface area contributed by atoms with E-state index in [4.69, 9.17) is 5.73 Å². The van der Waals surface area contributed by atoms with Gasteiger partial charge >= 0.3 is 0 Å². The number of nitrogens with two attached hydrogens (primary N) is 1. The van der Waals surface area contributed by atoms with Gasteiger partial charge in [0.15, 0.2) is 0 Å². The lowest BCUT2D eigenvalue weighted by Crippen LogP contribution is -2.25. The Kier molecular flexibility index (Phi) is 3.73. The number of nitrogens with one attached hydrogen (secondary N) is 1. The number of phenolic OH excluding ortho intramolecular Hbond substituents is 2. The van der Waals surface area contributed by atoms with Gasteiger partial charge in [-0.1, -0.05) is 6.07 Å². The van der Waals surface area contributed by atoms with E-state index in [1.54, 1.807) is 18.2 Å². The molecule has 0 aliphatic heterocycles. The molecular formula is C10H16N2O2. The van der Waals surface area contributed by atoms with E-state index in [0.29, 0.717) is 18.7 Å². The van der Waals surface area contributed by atoms with E-state index in [1.165, 1.54) is 0 Å². The molecule has 5 N–H and O–H groups in total. The molecule has 1 unspecified atom stereocenters. The molecule has 0 radical (unpaired) electrons. The summed E-state index contributed by atoms with van der Waals surface area (Å²) in [5.74, 6) is 0.198. The zero-order valence-electron chi connectivity index (χ0n) is 8.20. The predicted octanol–water partition coefficient (Wildman–Crippen LogP) is 0.707. The first-order valence-electron chi connectivity index (χ1n) is 4.61. The first-order chi connectivity index (χ1) is 6.66. The van der Waals surface area contributed by atoms with Crippen molar-refractivity contribution in [2.45, 2.75) is 13.0 Å². The van der Waals surface area contributed by atoms with Gasteiger partial charge in [0.2, 0.25) is 0 Å². The minimum absolute atomic E-state index is 0.0991. The van der Waals surface area contributed by atoms with E-state index in [9.17, 15) is 10.2 Å². The van der Waals surface area contributed by atoms with Crippen LogP contribution in [0.4, 0.5) is 0 Å². The second-order valence-corrected chi connectivity index (χ2v) is 3.17. The lowest BCUT2D eigenvalue weighted by atomic mass is 10.1. The van der Waals surface area contributed by atoms with Crippen molar-refractivity contribution in [2.24, 2.45) is 5.73 Å². The lowest BCUT2D eigenvalue weighted by Gasteiger charge is -2.16. The van der Waals surface area contributed by atoms with Gasteiger partial charge in [-0.2, -0.15) is 0 Å². The van der Waals surface area contributed by atoms with E-state index >= 15 is 0 Å². The SMILES string of the molecule is CC(NCCN)c1c(O)cccc1O. The number of benzene rings is 1. The van der Waals surface area contributed by atoms with Crippen LogP contribution < -0.4 is 11.1 Å². The highest BCUT2D eigenvalue weighted by molar-refractivity contribution is 5.44. The van der Waals surface area contributed by atoms with Crippen LogP contribution in [0.3, 0.4) is 0 Å². The smallest absolute Gasteiger partial charge is 0.124 e. The maximum absolute atomic E-state index is 9.53. The molecule has 0 fully saturated rings. The first-order valence-corrected chi connectivity index (χ1v) is 4.61. The van der Waals surface area contributed by atoms with Crippen LogP contribution in [0, 0.1) is 0 Å². The molecule has 1 aromatic rings. The van der Waals surface area contributed by atoms with E-state index < -0.39 is 0 Å². The third kappa shape index (κ3) is 2.37. The van der Waals surface area contributed by atoms with Crippen LogP contribution in [0.1, 0.15) is 18.5 Å². The summed E-state index contributed by atoms with van der Waals surface area (Å²) in [4.78, 5) is 0. The van der Waals surface area contributed by atoms with Crippen LogP contribution in [-0.2, 0) is 0 Å². The highest BCUT2D eigenvalue weighted by atomic mass is 16.3. The number of hydrogen-bond acceptors (Lipinski definition) is 4. The van der Waals surface area contributed by atoms with Gasteiger partial charge in [-0.25, -0.2) is 0 Å². The van der Waals surface area contributed by atoms with Crippen molar-refractivity contribution in [2.75, 3.05) is 13.1 Å². The Labute approximate surface area is 83.4 Å². The molecule has 0 aromatic heterocycles. The molecule has 0 aliphatic rings. The third-order valence-electron chi connectivity index (χ3n) is 2.09.